The number of amides is 1. The predicted molar refractivity (Wildman–Crippen MR) is 144 cm³/mol. The third-order valence-electron chi connectivity index (χ3n) is 7.19. The van der Waals surface area contributed by atoms with E-state index < -0.39 is 0 Å². The van der Waals surface area contributed by atoms with Crippen molar-refractivity contribution in [3.05, 3.63) is 64.8 Å². The van der Waals surface area contributed by atoms with Crippen LogP contribution in [0.1, 0.15) is 36.1 Å². The molecule has 1 aromatic heterocycles. The number of nitrogens with zero attached hydrogens (tertiary/aromatic N) is 5. The monoisotopic (exact) mass is 491 g/mol. The van der Waals surface area contributed by atoms with Gasteiger partial charge in [0.15, 0.2) is 0 Å². The van der Waals surface area contributed by atoms with Gasteiger partial charge in [-0.2, -0.15) is 5.26 Å². The van der Waals surface area contributed by atoms with Crippen molar-refractivity contribution in [1.82, 2.24) is 14.9 Å². The minimum absolute atomic E-state index is 0.0155. The molecule has 1 aliphatic carbocycles. The van der Waals surface area contributed by atoms with Crippen molar-refractivity contribution in [3.8, 4) is 17.3 Å². The number of benzene rings is 2. The summed E-state index contributed by atoms with van der Waals surface area (Å²) in [5.74, 6) is 0.590. The van der Waals surface area contributed by atoms with Crippen LogP contribution in [-0.4, -0.2) is 55.0 Å². The quantitative estimate of drug-likeness (QED) is 0.416. The zero-order valence-electron chi connectivity index (χ0n) is 21.4. The van der Waals surface area contributed by atoms with Crippen molar-refractivity contribution < 1.29 is 9.59 Å². The predicted octanol–water partition coefficient (Wildman–Crippen LogP) is 3.47. The summed E-state index contributed by atoms with van der Waals surface area (Å²) in [7, 11) is 5.07. The highest BCUT2D eigenvalue weighted by Crippen LogP contribution is 2.44. The molecule has 0 saturated carbocycles. The van der Waals surface area contributed by atoms with Gasteiger partial charge < -0.3 is 19.8 Å². The molecule has 9 heteroatoms. The second-order valence-electron chi connectivity index (χ2n) is 10.5. The molecule has 1 aliphatic heterocycles. The molecule has 0 bridgehead atoms. The van der Waals surface area contributed by atoms with Gasteiger partial charge >= 0.3 is 7.41 Å². The third-order valence-corrected chi connectivity index (χ3v) is 7.19. The molecule has 2 aliphatic rings. The summed E-state index contributed by atoms with van der Waals surface area (Å²) < 4.78 is 0. The van der Waals surface area contributed by atoms with Crippen molar-refractivity contribution >= 4 is 36.8 Å². The van der Waals surface area contributed by atoms with Crippen LogP contribution in [0.4, 0.5) is 17.3 Å². The molecule has 8 nitrogen and oxygen atoms in total. The summed E-state index contributed by atoms with van der Waals surface area (Å²) in [5.41, 5.74) is 6.80. The fourth-order valence-electron chi connectivity index (χ4n) is 5.43. The standard InChI is InChI=1S/C28H28BN6O2/c1-28(2)15-35(29-16-36)25-21(14-30)11-19(13-23(25)28)24-7-8-31-27(33-24)32-22-6-5-17-9-20(10-18(17)12-22)26(37)34(3)4/h5-8,11-13,16,20H,9-10,15H2,1-4H3,(H,31,32,33). The smallest absolute Gasteiger partial charge is 0.329 e. The van der Waals surface area contributed by atoms with Gasteiger partial charge in [-0.1, -0.05) is 19.9 Å². The maximum atomic E-state index is 12.4. The van der Waals surface area contributed by atoms with E-state index in [4.69, 9.17) is 4.98 Å². The zero-order chi connectivity index (χ0) is 26.3. The first kappa shape index (κ1) is 24.5. The minimum atomic E-state index is -0.235. The van der Waals surface area contributed by atoms with E-state index in [0.717, 1.165) is 47.1 Å². The lowest BCUT2D eigenvalue weighted by Gasteiger charge is -2.20. The first-order chi connectivity index (χ1) is 17.7. The van der Waals surface area contributed by atoms with Crippen LogP contribution in [-0.2, 0) is 27.8 Å². The Bertz CT molecular complexity index is 1450. The highest BCUT2D eigenvalue weighted by Gasteiger charge is 2.37. The fraction of sp³-hybridized carbons (Fsp3) is 0.321. The molecule has 0 fully saturated rings. The Morgan fingerprint density at radius 1 is 1.22 bits per heavy atom. The Hall–Kier alpha value is -4.19. The molecule has 1 N–H and O–H groups in total. The summed E-state index contributed by atoms with van der Waals surface area (Å²) in [6.45, 7) is 4.83. The van der Waals surface area contributed by atoms with Crippen LogP contribution in [0.3, 0.4) is 0 Å². The first-order valence-corrected chi connectivity index (χ1v) is 12.3. The average molecular weight is 491 g/mol. The van der Waals surface area contributed by atoms with Gasteiger partial charge in [0.05, 0.1) is 11.3 Å². The maximum absolute atomic E-state index is 12.4. The average Bonchev–Trinajstić information content (AvgIpc) is 3.41. The van der Waals surface area contributed by atoms with Gasteiger partial charge in [0.1, 0.15) is 12.3 Å². The Morgan fingerprint density at radius 2 is 2.00 bits per heavy atom. The SMILES string of the molecule is CN(C)C(=O)C1Cc2ccc(Nc3nccc(-c4cc(C#N)c5c(c4)C(C)(C)CN5[B]C=O)n3)cc2C1. The van der Waals surface area contributed by atoms with Gasteiger partial charge in [0.2, 0.25) is 11.9 Å². The molecule has 0 saturated heterocycles. The number of fused-ring (bicyclic) bond motifs is 2. The van der Waals surface area contributed by atoms with E-state index in [-0.39, 0.29) is 17.2 Å². The van der Waals surface area contributed by atoms with Crippen molar-refractivity contribution in [2.45, 2.75) is 32.1 Å². The minimum Gasteiger partial charge on any atom is -0.410 e. The van der Waals surface area contributed by atoms with Gasteiger partial charge in [0, 0.05) is 55.1 Å². The molecular weight excluding hydrogens is 463 g/mol. The zero-order valence-corrected chi connectivity index (χ0v) is 21.4. The number of carbonyl (C=O) groups excluding carboxylic acids is 2. The van der Waals surface area contributed by atoms with Gasteiger partial charge in [-0.3, -0.25) is 4.79 Å². The summed E-state index contributed by atoms with van der Waals surface area (Å²) >= 11 is 0. The number of carbonyl (C=O) groups is 2. The van der Waals surface area contributed by atoms with Crippen LogP contribution < -0.4 is 10.1 Å². The van der Waals surface area contributed by atoms with E-state index in [2.05, 4.69) is 48.4 Å². The Morgan fingerprint density at radius 3 is 2.73 bits per heavy atom. The molecular formula is C28H28BN6O2. The van der Waals surface area contributed by atoms with E-state index in [0.29, 0.717) is 23.8 Å². The highest BCUT2D eigenvalue weighted by atomic mass is 16.2. The number of rotatable bonds is 6. The van der Waals surface area contributed by atoms with Crippen molar-refractivity contribution in [2.75, 3.05) is 30.8 Å². The highest BCUT2D eigenvalue weighted by molar-refractivity contribution is 6.70. The van der Waals surface area contributed by atoms with Gasteiger partial charge in [-0.15, -0.1) is 0 Å². The van der Waals surface area contributed by atoms with Crippen LogP contribution in [0.15, 0.2) is 42.6 Å². The molecule has 3 aromatic rings. The van der Waals surface area contributed by atoms with Crippen molar-refractivity contribution in [1.29, 1.82) is 5.26 Å². The lowest BCUT2D eigenvalue weighted by atomic mass is 9.84. The molecule has 1 unspecified atom stereocenters. The fourth-order valence-corrected chi connectivity index (χ4v) is 5.43. The summed E-state index contributed by atoms with van der Waals surface area (Å²) in [6.07, 6.45) is 3.93. The molecule has 5 rings (SSSR count). The number of anilines is 3. The molecule has 1 atom stereocenters. The van der Waals surface area contributed by atoms with Gasteiger partial charge in [-0.05, 0) is 59.9 Å². The van der Waals surface area contributed by atoms with E-state index >= 15 is 0 Å². The van der Waals surface area contributed by atoms with Crippen LogP contribution in [0.25, 0.3) is 11.3 Å². The van der Waals surface area contributed by atoms with E-state index in [1.54, 1.807) is 25.2 Å². The van der Waals surface area contributed by atoms with Gasteiger partial charge in [0.25, 0.3) is 0 Å². The summed E-state index contributed by atoms with van der Waals surface area (Å²) in [5, 5.41) is 13.2. The van der Waals surface area contributed by atoms with Crippen LogP contribution in [0.2, 0.25) is 0 Å². The number of nitriles is 1. The van der Waals surface area contributed by atoms with Gasteiger partial charge in [-0.25, -0.2) is 9.97 Å². The second kappa shape index (κ2) is 9.36. The summed E-state index contributed by atoms with van der Waals surface area (Å²) in [6, 6.07) is 14.1. The molecule has 185 valence electrons. The first-order valence-electron chi connectivity index (χ1n) is 12.3. The molecule has 1 radical (unpaired) electrons. The van der Waals surface area contributed by atoms with Crippen LogP contribution in [0, 0.1) is 17.2 Å². The maximum Gasteiger partial charge on any atom is 0.329 e. The number of hydrogen-bond donors (Lipinski definition) is 1. The Labute approximate surface area is 217 Å². The number of nitrogens with one attached hydrogen (secondary N) is 1. The van der Waals surface area contributed by atoms with Crippen LogP contribution in [0.5, 0.6) is 0 Å². The van der Waals surface area contributed by atoms with Crippen LogP contribution >= 0.6 is 0 Å². The molecule has 1 amide bonds. The Kier molecular flexibility index (Phi) is 6.20. The lowest BCUT2D eigenvalue weighted by Crippen LogP contribution is -2.32. The second-order valence-corrected chi connectivity index (χ2v) is 10.5. The number of hydrogen-bond acceptors (Lipinski definition) is 7. The topological polar surface area (TPSA) is 102 Å². The largest absolute Gasteiger partial charge is 0.410 e. The third kappa shape index (κ3) is 4.55. The lowest BCUT2D eigenvalue weighted by molar-refractivity contribution is -0.132. The van der Waals surface area contributed by atoms with E-state index in [1.807, 2.05) is 23.0 Å². The van der Waals surface area contributed by atoms with E-state index in [1.165, 1.54) is 13.0 Å². The molecule has 2 aromatic carbocycles. The Balaban J connectivity index is 1.42. The molecule has 37 heavy (non-hydrogen) atoms. The summed E-state index contributed by atoms with van der Waals surface area (Å²) in [4.78, 5) is 36.2. The normalized spacial score (nSPS) is 16.9. The van der Waals surface area contributed by atoms with Crippen molar-refractivity contribution in [2.24, 2.45) is 5.92 Å². The van der Waals surface area contributed by atoms with E-state index in [9.17, 15) is 14.9 Å². The van der Waals surface area contributed by atoms with Crippen molar-refractivity contribution in [3.63, 3.8) is 0 Å². The molecule has 2 heterocycles. The number of aromatic nitrogens is 2. The molecule has 0 spiro atoms.